The van der Waals surface area contributed by atoms with Crippen molar-refractivity contribution in [3.63, 3.8) is 0 Å². The molecule has 3 N–H and O–H groups in total. The van der Waals surface area contributed by atoms with Gasteiger partial charge in [0.2, 0.25) is 0 Å². The molecule has 0 radical (unpaired) electrons. The molecule has 0 spiro atoms. The van der Waals surface area contributed by atoms with Crippen molar-refractivity contribution in [1.82, 2.24) is 39.1 Å². The Kier molecular flexibility index (Phi) is 15.6. The van der Waals surface area contributed by atoms with Gasteiger partial charge in [-0.1, -0.05) is 50.9 Å². The van der Waals surface area contributed by atoms with Crippen molar-refractivity contribution in [1.29, 1.82) is 0 Å². The molecular formula is C41H43Cl2F8N9O3. The van der Waals surface area contributed by atoms with Crippen molar-refractivity contribution >= 4 is 40.6 Å². The first-order valence-corrected chi connectivity index (χ1v) is 19.7. The van der Waals surface area contributed by atoms with Gasteiger partial charge in [0.1, 0.15) is 23.7 Å². The first kappa shape index (κ1) is 49.9. The lowest BCUT2D eigenvalue weighted by molar-refractivity contribution is -0.144. The number of rotatable bonds is 10. The smallest absolute Gasteiger partial charge is 0.436 e. The van der Waals surface area contributed by atoms with Gasteiger partial charge in [-0.2, -0.15) is 46.7 Å². The molecule has 340 valence electrons. The number of benzene rings is 2. The second kappa shape index (κ2) is 19.7. The number of Topliss-reactive ketones (excluding diaryl/α,β-unsaturated/α-hetero) is 1. The molecular weight excluding hydrogens is 889 g/mol. The molecule has 12 nitrogen and oxygen atoms in total. The van der Waals surface area contributed by atoms with Crippen LogP contribution in [-0.4, -0.2) is 56.0 Å². The van der Waals surface area contributed by atoms with E-state index in [4.69, 9.17) is 34.0 Å². The Bertz CT molecular complexity index is 2540. The molecule has 4 heterocycles. The van der Waals surface area contributed by atoms with Gasteiger partial charge in [0, 0.05) is 12.0 Å². The van der Waals surface area contributed by atoms with Crippen molar-refractivity contribution in [3.8, 4) is 11.4 Å². The van der Waals surface area contributed by atoms with Gasteiger partial charge in [-0.05, 0) is 88.1 Å². The number of nitrogen functional groups attached to an aromatic ring is 1. The Morgan fingerprint density at radius 1 is 0.667 bits per heavy atom. The van der Waals surface area contributed by atoms with E-state index >= 15 is 0 Å². The molecule has 22 heteroatoms. The Hall–Kier alpha value is -5.76. The molecule has 0 amide bonds. The number of alkyl halides is 6. The van der Waals surface area contributed by atoms with Crippen LogP contribution in [0.4, 0.5) is 40.8 Å². The average Bonchev–Trinajstić information content (AvgIpc) is 3.95. The van der Waals surface area contributed by atoms with Crippen LogP contribution in [0.1, 0.15) is 105 Å². The van der Waals surface area contributed by atoms with Crippen molar-refractivity contribution in [3.05, 3.63) is 122 Å². The summed E-state index contributed by atoms with van der Waals surface area (Å²) in [7, 11) is 0. The summed E-state index contributed by atoms with van der Waals surface area (Å²) in [5.74, 6) is -1.99. The summed E-state index contributed by atoms with van der Waals surface area (Å²) < 4.78 is 108. The lowest BCUT2D eigenvalue weighted by atomic mass is 9.99. The predicted molar refractivity (Wildman–Crippen MR) is 219 cm³/mol. The highest BCUT2D eigenvalue weighted by molar-refractivity contribution is 6.32. The molecule has 63 heavy (non-hydrogen) atoms. The molecule has 6 aromatic rings. The Balaban J connectivity index is 0.000000229. The van der Waals surface area contributed by atoms with Gasteiger partial charge in [0.15, 0.2) is 17.2 Å². The van der Waals surface area contributed by atoms with Crippen LogP contribution in [0.5, 0.6) is 0 Å². The Morgan fingerprint density at radius 3 is 1.41 bits per heavy atom. The van der Waals surface area contributed by atoms with E-state index in [1.165, 1.54) is 52.0 Å². The number of carbonyl (C=O) groups excluding carboxylic acids is 1. The molecule has 0 saturated heterocycles. The van der Waals surface area contributed by atoms with Crippen LogP contribution < -0.4 is 5.73 Å². The molecule has 4 aromatic heterocycles. The van der Waals surface area contributed by atoms with E-state index in [2.05, 4.69) is 20.4 Å². The van der Waals surface area contributed by atoms with E-state index in [1.54, 1.807) is 46.0 Å². The van der Waals surface area contributed by atoms with E-state index in [-0.39, 0.29) is 47.1 Å². The molecule has 0 fully saturated rings. The zero-order valence-corrected chi connectivity index (χ0v) is 36.5. The maximum atomic E-state index is 13.3. The van der Waals surface area contributed by atoms with E-state index in [0.717, 1.165) is 26.4 Å². The molecule has 0 aliphatic rings. The van der Waals surface area contributed by atoms with Crippen LogP contribution in [0.25, 0.3) is 11.4 Å². The van der Waals surface area contributed by atoms with E-state index in [9.17, 15) is 44.7 Å². The second-order valence-electron chi connectivity index (χ2n) is 14.8. The molecule has 2 unspecified atom stereocenters. The number of aliphatic carboxylic acids is 1. The third kappa shape index (κ3) is 11.4. The van der Waals surface area contributed by atoms with E-state index in [0.29, 0.717) is 16.9 Å². The first-order valence-electron chi connectivity index (χ1n) is 19.0. The zero-order valence-electron chi connectivity index (χ0n) is 35.0. The van der Waals surface area contributed by atoms with Crippen molar-refractivity contribution in [2.45, 2.75) is 98.1 Å². The second-order valence-corrected chi connectivity index (χ2v) is 15.6. The zero-order chi connectivity index (χ0) is 47.5. The van der Waals surface area contributed by atoms with Gasteiger partial charge in [0.05, 0.1) is 62.3 Å². The van der Waals surface area contributed by atoms with Crippen LogP contribution in [0.15, 0.2) is 60.9 Å². The minimum Gasteiger partial charge on any atom is -0.480 e. The standard InChI is InChI=1S/C21H21ClF4N4O.C12H14FN3.C8H8ClF3N2O2/c1-11(2)19-14(10-27-30(19)16-7-5-15(23)6-8-16)9-17(31)12(3)29-13(4)18(22)20(28-29)21(24,25)26;1-8(2)12-11(14)7-15-16(12)10-5-3-9(13)4-6-10;1-3-5(9)6(8(10,11)12)13-14(3)4(2)7(15)16/h5-8,10-12H,9H2,1-4H3;3-8H,14H2,1-2H3;4H,1-2H3,(H,15,16). The maximum absolute atomic E-state index is 13.3. The number of carboxylic acids is 1. The molecule has 0 saturated carbocycles. The normalized spacial score (nSPS) is 12.8. The highest BCUT2D eigenvalue weighted by atomic mass is 35.5. The van der Waals surface area contributed by atoms with Gasteiger partial charge < -0.3 is 10.8 Å². The fourth-order valence-electron chi connectivity index (χ4n) is 6.36. The third-order valence-electron chi connectivity index (χ3n) is 9.57. The van der Waals surface area contributed by atoms with Gasteiger partial charge in [-0.15, -0.1) is 0 Å². The van der Waals surface area contributed by atoms with Crippen LogP contribution in [0.2, 0.25) is 10.0 Å². The number of hydrogen-bond donors (Lipinski definition) is 2. The number of carbonyl (C=O) groups is 2. The van der Waals surface area contributed by atoms with E-state index in [1.807, 2.05) is 27.7 Å². The highest BCUT2D eigenvalue weighted by Crippen LogP contribution is 2.38. The molecule has 0 aliphatic heterocycles. The number of anilines is 1. The quantitative estimate of drug-likeness (QED) is 0.129. The summed E-state index contributed by atoms with van der Waals surface area (Å²) >= 11 is 11.3. The third-order valence-corrected chi connectivity index (χ3v) is 10.5. The van der Waals surface area contributed by atoms with Crippen LogP contribution >= 0.6 is 23.2 Å². The monoisotopic (exact) mass is 931 g/mol. The molecule has 6 rings (SSSR count). The molecule has 0 aliphatic carbocycles. The number of nitrogens with two attached hydrogens (primary N) is 1. The fourth-order valence-corrected chi connectivity index (χ4v) is 6.82. The topological polar surface area (TPSA) is 152 Å². The van der Waals surface area contributed by atoms with Crippen LogP contribution in [-0.2, 0) is 28.4 Å². The summed E-state index contributed by atoms with van der Waals surface area (Å²) in [6.45, 7) is 13.3. The first-order chi connectivity index (χ1) is 29.2. The summed E-state index contributed by atoms with van der Waals surface area (Å²) in [4.78, 5) is 23.6. The van der Waals surface area contributed by atoms with Gasteiger partial charge in [0.25, 0.3) is 0 Å². The lowest BCUT2D eigenvalue weighted by Crippen LogP contribution is -2.22. The summed E-state index contributed by atoms with van der Waals surface area (Å²) in [5.41, 5.74) is 7.91. The Labute approximate surface area is 366 Å². The van der Waals surface area contributed by atoms with E-state index < -0.39 is 51.8 Å². The largest absolute Gasteiger partial charge is 0.480 e. The van der Waals surface area contributed by atoms with Crippen molar-refractivity contribution in [2.24, 2.45) is 0 Å². The van der Waals surface area contributed by atoms with Gasteiger partial charge in [-0.3, -0.25) is 14.2 Å². The van der Waals surface area contributed by atoms with Gasteiger partial charge in [-0.25, -0.2) is 22.9 Å². The number of carboxylic acid groups (broad SMARTS) is 1. The highest BCUT2D eigenvalue weighted by Gasteiger charge is 2.40. The number of nitrogens with zero attached hydrogens (tertiary/aromatic N) is 8. The summed E-state index contributed by atoms with van der Waals surface area (Å²) in [6.07, 6.45) is -6.28. The van der Waals surface area contributed by atoms with Crippen molar-refractivity contribution in [2.75, 3.05) is 5.73 Å². The number of ketones is 1. The number of halogens is 10. The summed E-state index contributed by atoms with van der Waals surface area (Å²) in [6, 6.07) is 9.84. The van der Waals surface area contributed by atoms with Crippen molar-refractivity contribution < 1.29 is 49.8 Å². The van der Waals surface area contributed by atoms with Crippen LogP contribution in [0.3, 0.4) is 0 Å². The van der Waals surface area contributed by atoms with Gasteiger partial charge >= 0.3 is 18.3 Å². The molecule has 2 aromatic carbocycles. The molecule has 0 bridgehead atoms. The maximum Gasteiger partial charge on any atom is 0.436 e. The molecule has 2 atom stereocenters. The predicted octanol–water partition coefficient (Wildman–Crippen LogP) is 10.9. The Morgan fingerprint density at radius 2 is 1.05 bits per heavy atom. The number of hydrogen-bond acceptors (Lipinski definition) is 7. The average molecular weight is 933 g/mol. The lowest BCUT2D eigenvalue weighted by Gasteiger charge is -2.15. The fraction of sp³-hybridized carbons (Fsp3) is 0.366. The summed E-state index contributed by atoms with van der Waals surface area (Å²) in [5, 5.41) is 22.9. The SMILES string of the molecule is CC(C)c1c(N)cnn1-c1ccc(F)cc1.Cc1c(Cl)c(C(F)(F)F)nn1C(C)C(=O)Cc1cnn(-c2ccc(F)cc2)c1C(C)C.Cc1c(Cl)c(C(F)(F)F)nn1C(C)C(=O)O. The minimum atomic E-state index is -4.71. The minimum absolute atomic E-state index is 0.0108. The van der Waals surface area contributed by atoms with Crippen LogP contribution in [0, 0.1) is 25.5 Å². The number of aromatic nitrogens is 8.